The number of aromatic nitrogens is 1. The number of carbonyl (C=O) groups is 1. The second-order valence-electron chi connectivity index (χ2n) is 6.85. The number of hydrogen-bond acceptors (Lipinski definition) is 5. The molecule has 0 bridgehead atoms. The van der Waals surface area contributed by atoms with E-state index in [4.69, 9.17) is 9.47 Å². The van der Waals surface area contributed by atoms with E-state index >= 15 is 0 Å². The number of benzene rings is 1. The summed E-state index contributed by atoms with van der Waals surface area (Å²) in [5, 5.41) is 3.00. The van der Waals surface area contributed by atoms with Crippen molar-refractivity contribution in [2.24, 2.45) is 5.92 Å². The highest BCUT2D eigenvalue weighted by atomic mass is 16.5. The zero-order valence-corrected chi connectivity index (χ0v) is 15.8. The van der Waals surface area contributed by atoms with Crippen LogP contribution in [0.5, 0.6) is 11.5 Å². The highest BCUT2D eigenvalue weighted by Gasteiger charge is 2.20. The molecule has 1 N–H and O–H groups in total. The molecule has 0 saturated carbocycles. The number of pyridine rings is 1. The zero-order chi connectivity index (χ0) is 18.9. The molecule has 1 aromatic carbocycles. The van der Waals surface area contributed by atoms with E-state index in [1.165, 1.54) is 5.56 Å². The van der Waals surface area contributed by atoms with Gasteiger partial charge in [0.05, 0.1) is 7.11 Å². The molecule has 144 valence electrons. The normalized spacial score (nSPS) is 17.3. The Morgan fingerprint density at radius 3 is 2.89 bits per heavy atom. The lowest BCUT2D eigenvalue weighted by molar-refractivity contribution is -0.123. The highest BCUT2D eigenvalue weighted by Crippen LogP contribution is 2.25. The maximum absolute atomic E-state index is 12.1. The lowest BCUT2D eigenvalue weighted by Crippen LogP contribution is -2.41. The molecule has 0 aliphatic carbocycles. The molecule has 0 radical (unpaired) electrons. The first kappa shape index (κ1) is 19.2. The first-order valence-electron chi connectivity index (χ1n) is 9.38. The minimum Gasteiger partial charge on any atom is -0.493 e. The van der Waals surface area contributed by atoms with E-state index in [9.17, 15) is 4.79 Å². The Morgan fingerprint density at radius 1 is 1.26 bits per heavy atom. The summed E-state index contributed by atoms with van der Waals surface area (Å²) in [6.45, 7) is 3.66. The van der Waals surface area contributed by atoms with Crippen molar-refractivity contribution in [2.75, 3.05) is 33.4 Å². The van der Waals surface area contributed by atoms with Gasteiger partial charge in [0.2, 0.25) is 0 Å². The van der Waals surface area contributed by atoms with Gasteiger partial charge in [0.25, 0.3) is 5.91 Å². The molecule has 1 fully saturated rings. The molecule has 0 unspecified atom stereocenters. The number of amides is 1. The summed E-state index contributed by atoms with van der Waals surface area (Å²) in [6.07, 6.45) is 6.00. The molecule has 6 heteroatoms. The van der Waals surface area contributed by atoms with Gasteiger partial charge in [-0.05, 0) is 49.1 Å². The fourth-order valence-corrected chi connectivity index (χ4v) is 3.40. The van der Waals surface area contributed by atoms with Gasteiger partial charge in [0.1, 0.15) is 0 Å². The molecule has 1 saturated heterocycles. The van der Waals surface area contributed by atoms with Crippen molar-refractivity contribution in [2.45, 2.75) is 19.4 Å². The summed E-state index contributed by atoms with van der Waals surface area (Å²) in [4.78, 5) is 18.7. The lowest BCUT2D eigenvalue weighted by atomic mass is 9.97. The van der Waals surface area contributed by atoms with Crippen LogP contribution in [0.25, 0.3) is 0 Å². The number of nitrogens with zero attached hydrogens (tertiary/aromatic N) is 2. The highest BCUT2D eigenvalue weighted by molar-refractivity contribution is 5.77. The van der Waals surface area contributed by atoms with Crippen molar-refractivity contribution in [3.05, 3.63) is 54.4 Å². The van der Waals surface area contributed by atoms with E-state index in [1.54, 1.807) is 19.4 Å². The molecule has 1 amide bonds. The first-order chi connectivity index (χ1) is 13.2. The van der Waals surface area contributed by atoms with Gasteiger partial charge in [-0.15, -0.1) is 0 Å². The Balaban J connectivity index is 1.40. The third kappa shape index (κ3) is 5.96. The predicted octanol–water partition coefficient (Wildman–Crippen LogP) is 2.50. The van der Waals surface area contributed by atoms with Gasteiger partial charge in [-0.2, -0.15) is 0 Å². The SMILES string of the molecule is COc1ccccc1OCC(=O)NC[C@@H]1CCCN(Cc2cccnc2)C1. The Bertz CT molecular complexity index is 724. The van der Waals surface area contributed by atoms with Crippen LogP contribution in [0.1, 0.15) is 18.4 Å². The molecule has 6 nitrogen and oxygen atoms in total. The molecular formula is C21H27N3O3. The van der Waals surface area contributed by atoms with E-state index in [0.29, 0.717) is 24.0 Å². The minimum absolute atomic E-state index is 0.00745. The van der Waals surface area contributed by atoms with Gasteiger partial charge in [0.15, 0.2) is 18.1 Å². The lowest BCUT2D eigenvalue weighted by Gasteiger charge is -2.32. The second-order valence-corrected chi connectivity index (χ2v) is 6.85. The number of para-hydroxylation sites is 2. The number of likely N-dealkylation sites (tertiary alicyclic amines) is 1. The average molecular weight is 369 g/mol. The minimum atomic E-state index is -0.106. The van der Waals surface area contributed by atoms with Crippen molar-refractivity contribution >= 4 is 5.91 Å². The summed E-state index contributed by atoms with van der Waals surface area (Å²) in [6, 6.07) is 11.4. The van der Waals surface area contributed by atoms with Crippen LogP contribution in [0, 0.1) is 5.92 Å². The maximum atomic E-state index is 12.1. The molecule has 1 aliphatic rings. The van der Waals surface area contributed by atoms with Gasteiger partial charge < -0.3 is 14.8 Å². The van der Waals surface area contributed by atoms with Gasteiger partial charge in [-0.3, -0.25) is 14.7 Å². The Hall–Kier alpha value is -2.60. The number of rotatable bonds is 8. The molecular weight excluding hydrogens is 342 g/mol. The van der Waals surface area contributed by atoms with Crippen molar-refractivity contribution < 1.29 is 14.3 Å². The van der Waals surface area contributed by atoms with Crippen LogP contribution in [0.3, 0.4) is 0 Å². The molecule has 1 aromatic heterocycles. The van der Waals surface area contributed by atoms with E-state index < -0.39 is 0 Å². The summed E-state index contributed by atoms with van der Waals surface area (Å²) in [5.74, 6) is 1.56. The molecule has 27 heavy (non-hydrogen) atoms. The monoisotopic (exact) mass is 369 g/mol. The van der Waals surface area contributed by atoms with E-state index in [2.05, 4.69) is 21.3 Å². The average Bonchev–Trinajstić information content (AvgIpc) is 2.72. The largest absolute Gasteiger partial charge is 0.493 e. The summed E-state index contributed by atoms with van der Waals surface area (Å²) >= 11 is 0. The van der Waals surface area contributed by atoms with Crippen LogP contribution in [0.15, 0.2) is 48.8 Å². The van der Waals surface area contributed by atoms with E-state index in [-0.39, 0.29) is 12.5 Å². The van der Waals surface area contributed by atoms with Crippen LogP contribution in [0.4, 0.5) is 0 Å². The van der Waals surface area contributed by atoms with Crippen LogP contribution in [0.2, 0.25) is 0 Å². The van der Waals surface area contributed by atoms with Crippen LogP contribution >= 0.6 is 0 Å². The quantitative estimate of drug-likeness (QED) is 0.775. The van der Waals surface area contributed by atoms with Crippen molar-refractivity contribution in [1.29, 1.82) is 0 Å². The summed E-state index contributed by atoms with van der Waals surface area (Å²) in [5.41, 5.74) is 1.23. The summed E-state index contributed by atoms with van der Waals surface area (Å²) < 4.78 is 10.8. The Morgan fingerprint density at radius 2 is 2.11 bits per heavy atom. The van der Waals surface area contributed by atoms with Crippen molar-refractivity contribution in [1.82, 2.24) is 15.2 Å². The molecule has 2 heterocycles. The zero-order valence-electron chi connectivity index (χ0n) is 15.8. The number of carbonyl (C=O) groups excluding carboxylic acids is 1. The molecule has 0 spiro atoms. The summed E-state index contributed by atoms with van der Waals surface area (Å²) in [7, 11) is 1.59. The molecule has 2 aromatic rings. The van der Waals surface area contributed by atoms with Gasteiger partial charge in [-0.1, -0.05) is 18.2 Å². The maximum Gasteiger partial charge on any atom is 0.257 e. The second kappa shape index (κ2) is 9.92. The Kier molecular flexibility index (Phi) is 7.04. The number of nitrogens with one attached hydrogen (secondary N) is 1. The number of ether oxygens (including phenoxy) is 2. The van der Waals surface area contributed by atoms with Crippen LogP contribution < -0.4 is 14.8 Å². The number of hydrogen-bond donors (Lipinski definition) is 1. The van der Waals surface area contributed by atoms with E-state index in [0.717, 1.165) is 32.5 Å². The third-order valence-corrected chi connectivity index (χ3v) is 4.75. The fraction of sp³-hybridized carbons (Fsp3) is 0.429. The molecule has 1 aliphatic heterocycles. The first-order valence-corrected chi connectivity index (χ1v) is 9.38. The number of methoxy groups -OCH3 is 1. The Labute approximate surface area is 160 Å². The fourth-order valence-electron chi connectivity index (χ4n) is 3.40. The standard InChI is InChI=1S/C21H27N3O3/c1-26-19-8-2-3-9-20(19)27-16-21(25)23-13-18-7-5-11-24(15-18)14-17-6-4-10-22-12-17/h2-4,6,8-10,12,18H,5,7,11,13-16H2,1H3,(H,23,25)/t18-/m0/s1. The van der Waals surface area contributed by atoms with Crippen LogP contribution in [-0.2, 0) is 11.3 Å². The van der Waals surface area contributed by atoms with Crippen molar-refractivity contribution in [3.63, 3.8) is 0 Å². The molecule has 1 atom stereocenters. The predicted molar refractivity (Wildman–Crippen MR) is 104 cm³/mol. The van der Waals surface area contributed by atoms with E-state index in [1.807, 2.05) is 30.5 Å². The van der Waals surface area contributed by atoms with Crippen LogP contribution in [-0.4, -0.2) is 49.1 Å². The van der Waals surface area contributed by atoms with Gasteiger partial charge in [-0.25, -0.2) is 0 Å². The van der Waals surface area contributed by atoms with Gasteiger partial charge >= 0.3 is 0 Å². The van der Waals surface area contributed by atoms with Gasteiger partial charge in [0, 0.05) is 32.0 Å². The smallest absolute Gasteiger partial charge is 0.257 e. The third-order valence-electron chi connectivity index (χ3n) is 4.75. The topological polar surface area (TPSA) is 63.7 Å². The van der Waals surface area contributed by atoms with Crippen molar-refractivity contribution in [3.8, 4) is 11.5 Å². The number of piperidine rings is 1. The molecule has 3 rings (SSSR count).